The lowest BCUT2D eigenvalue weighted by molar-refractivity contribution is -0.134. The molecule has 1 aliphatic heterocycles. The number of ether oxygens (including phenoxy) is 1. The van der Waals surface area contributed by atoms with Crippen molar-refractivity contribution in [3.8, 4) is 0 Å². The highest BCUT2D eigenvalue weighted by atomic mass is 16.5. The molecule has 1 unspecified atom stereocenters. The predicted octanol–water partition coefficient (Wildman–Crippen LogP) is 1.54. The Bertz CT molecular complexity index is 408. The quantitative estimate of drug-likeness (QED) is 0.825. The number of carbonyl (C=O) groups is 1. The van der Waals surface area contributed by atoms with Crippen LogP contribution >= 0.6 is 0 Å². The summed E-state index contributed by atoms with van der Waals surface area (Å²) in [6.07, 6.45) is 0.474. The Morgan fingerprint density at radius 1 is 1.32 bits per heavy atom. The van der Waals surface area contributed by atoms with Crippen LogP contribution in [0.5, 0.6) is 0 Å². The highest BCUT2D eigenvalue weighted by Crippen LogP contribution is 2.23. The number of nitrogens with zero attached hydrogens (tertiary/aromatic N) is 2. The van der Waals surface area contributed by atoms with E-state index < -0.39 is 0 Å². The standard InChI is InChI=1S/C15H22N2O2/c1-16-9-10-17(15(18)8-11-19-2)12-14(16)13-6-4-3-5-7-13/h3-7,14H,8-12H2,1-2H3. The Morgan fingerprint density at radius 3 is 2.74 bits per heavy atom. The Hall–Kier alpha value is -1.39. The highest BCUT2D eigenvalue weighted by molar-refractivity contribution is 5.76. The lowest BCUT2D eigenvalue weighted by Gasteiger charge is -2.39. The van der Waals surface area contributed by atoms with Gasteiger partial charge in [-0.3, -0.25) is 9.69 Å². The Kier molecular flexibility index (Phi) is 4.93. The van der Waals surface area contributed by atoms with Crippen molar-refractivity contribution in [2.45, 2.75) is 12.5 Å². The molecule has 104 valence electrons. The summed E-state index contributed by atoms with van der Waals surface area (Å²) in [5.41, 5.74) is 1.27. The van der Waals surface area contributed by atoms with E-state index in [1.807, 2.05) is 11.0 Å². The number of piperazine rings is 1. The Morgan fingerprint density at radius 2 is 2.05 bits per heavy atom. The van der Waals surface area contributed by atoms with Crippen molar-refractivity contribution < 1.29 is 9.53 Å². The lowest BCUT2D eigenvalue weighted by atomic mass is 10.0. The average Bonchev–Trinajstić information content (AvgIpc) is 2.46. The largest absolute Gasteiger partial charge is 0.384 e. The molecule has 0 N–H and O–H groups in total. The number of methoxy groups -OCH3 is 1. The first-order valence-electron chi connectivity index (χ1n) is 6.74. The molecule has 2 rings (SSSR count). The monoisotopic (exact) mass is 262 g/mol. The molecule has 1 heterocycles. The van der Waals surface area contributed by atoms with Crippen molar-refractivity contribution >= 4 is 5.91 Å². The topological polar surface area (TPSA) is 32.8 Å². The summed E-state index contributed by atoms with van der Waals surface area (Å²) in [6, 6.07) is 10.7. The van der Waals surface area contributed by atoms with Crippen LogP contribution in [0, 0.1) is 0 Å². The van der Waals surface area contributed by atoms with Gasteiger partial charge in [0, 0.05) is 26.7 Å². The van der Waals surface area contributed by atoms with Gasteiger partial charge in [0.1, 0.15) is 0 Å². The normalized spacial score (nSPS) is 20.5. The molecule has 1 aromatic carbocycles. The summed E-state index contributed by atoms with van der Waals surface area (Å²) in [7, 11) is 3.75. The number of benzene rings is 1. The van der Waals surface area contributed by atoms with E-state index in [2.05, 4.69) is 36.2 Å². The molecule has 1 fully saturated rings. The molecule has 0 saturated carbocycles. The average molecular weight is 262 g/mol. The second-order valence-corrected chi connectivity index (χ2v) is 4.99. The van der Waals surface area contributed by atoms with E-state index in [-0.39, 0.29) is 5.91 Å². The zero-order valence-corrected chi connectivity index (χ0v) is 11.7. The van der Waals surface area contributed by atoms with Gasteiger partial charge in [-0.1, -0.05) is 30.3 Å². The van der Waals surface area contributed by atoms with Crippen LogP contribution in [0.2, 0.25) is 0 Å². The van der Waals surface area contributed by atoms with Crippen LogP contribution in [0.25, 0.3) is 0 Å². The van der Waals surface area contributed by atoms with Gasteiger partial charge in [-0.05, 0) is 12.6 Å². The van der Waals surface area contributed by atoms with Crippen molar-refractivity contribution in [3.63, 3.8) is 0 Å². The second kappa shape index (κ2) is 6.68. The minimum absolute atomic E-state index is 0.191. The number of hydrogen-bond acceptors (Lipinski definition) is 3. The van der Waals surface area contributed by atoms with Gasteiger partial charge < -0.3 is 9.64 Å². The van der Waals surface area contributed by atoms with Crippen LogP contribution in [0.15, 0.2) is 30.3 Å². The zero-order valence-electron chi connectivity index (χ0n) is 11.7. The van der Waals surface area contributed by atoms with Gasteiger partial charge in [-0.15, -0.1) is 0 Å². The first-order chi connectivity index (χ1) is 9.22. The molecule has 4 nitrogen and oxygen atoms in total. The van der Waals surface area contributed by atoms with Gasteiger partial charge in [-0.25, -0.2) is 0 Å². The molecule has 0 spiro atoms. The van der Waals surface area contributed by atoms with E-state index in [1.54, 1.807) is 7.11 Å². The fraction of sp³-hybridized carbons (Fsp3) is 0.533. The Labute approximate surface area is 115 Å². The van der Waals surface area contributed by atoms with E-state index >= 15 is 0 Å². The molecule has 0 aromatic heterocycles. The van der Waals surface area contributed by atoms with Gasteiger partial charge >= 0.3 is 0 Å². The van der Waals surface area contributed by atoms with Crippen molar-refractivity contribution in [1.29, 1.82) is 0 Å². The summed E-state index contributed by atoms with van der Waals surface area (Å²) in [5.74, 6) is 0.191. The maximum absolute atomic E-state index is 12.1. The summed E-state index contributed by atoms with van der Waals surface area (Å²) in [5, 5.41) is 0. The molecule has 0 aliphatic carbocycles. The van der Waals surface area contributed by atoms with Crippen molar-refractivity contribution in [2.75, 3.05) is 40.4 Å². The molecule has 4 heteroatoms. The van der Waals surface area contributed by atoms with Crippen LogP contribution in [0.1, 0.15) is 18.0 Å². The van der Waals surface area contributed by atoms with Gasteiger partial charge in [0.05, 0.1) is 19.1 Å². The minimum Gasteiger partial charge on any atom is -0.384 e. The molecule has 0 bridgehead atoms. The smallest absolute Gasteiger partial charge is 0.224 e. The molecular formula is C15H22N2O2. The van der Waals surface area contributed by atoms with Crippen molar-refractivity contribution in [3.05, 3.63) is 35.9 Å². The SMILES string of the molecule is COCCC(=O)N1CCN(C)C(c2ccccc2)C1. The lowest BCUT2D eigenvalue weighted by Crippen LogP contribution is -2.49. The number of carbonyl (C=O) groups excluding carboxylic acids is 1. The molecule has 1 aromatic rings. The third kappa shape index (κ3) is 3.55. The first-order valence-corrected chi connectivity index (χ1v) is 6.74. The van der Waals surface area contributed by atoms with Gasteiger partial charge in [0.2, 0.25) is 5.91 Å². The van der Waals surface area contributed by atoms with Crippen molar-refractivity contribution in [2.24, 2.45) is 0 Å². The molecule has 1 aliphatic rings. The van der Waals surface area contributed by atoms with Gasteiger partial charge in [0.25, 0.3) is 0 Å². The van der Waals surface area contributed by atoms with Gasteiger partial charge in [0.15, 0.2) is 0 Å². The Balaban J connectivity index is 2.02. The van der Waals surface area contributed by atoms with Crippen LogP contribution in [-0.2, 0) is 9.53 Å². The first kappa shape index (κ1) is 14.0. The van der Waals surface area contributed by atoms with E-state index in [4.69, 9.17) is 4.74 Å². The zero-order chi connectivity index (χ0) is 13.7. The van der Waals surface area contributed by atoms with E-state index in [0.29, 0.717) is 19.1 Å². The summed E-state index contributed by atoms with van der Waals surface area (Å²) >= 11 is 0. The van der Waals surface area contributed by atoms with E-state index in [9.17, 15) is 4.79 Å². The highest BCUT2D eigenvalue weighted by Gasteiger charge is 2.27. The molecule has 1 atom stereocenters. The van der Waals surface area contributed by atoms with E-state index in [1.165, 1.54) is 5.56 Å². The molecule has 0 radical (unpaired) electrons. The van der Waals surface area contributed by atoms with Crippen LogP contribution in [-0.4, -0.2) is 56.1 Å². The van der Waals surface area contributed by atoms with Crippen molar-refractivity contribution in [1.82, 2.24) is 9.80 Å². The predicted molar refractivity (Wildman–Crippen MR) is 74.9 cm³/mol. The van der Waals surface area contributed by atoms with E-state index in [0.717, 1.165) is 19.6 Å². The number of amides is 1. The maximum atomic E-state index is 12.1. The fourth-order valence-corrected chi connectivity index (χ4v) is 2.48. The summed E-state index contributed by atoms with van der Waals surface area (Å²) in [6.45, 7) is 2.99. The fourth-order valence-electron chi connectivity index (χ4n) is 2.48. The summed E-state index contributed by atoms with van der Waals surface area (Å²) in [4.78, 5) is 16.3. The maximum Gasteiger partial charge on any atom is 0.224 e. The third-order valence-corrected chi connectivity index (χ3v) is 3.71. The number of rotatable bonds is 4. The third-order valence-electron chi connectivity index (χ3n) is 3.71. The van der Waals surface area contributed by atoms with Gasteiger partial charge in [-0.2, -0.15) is 0 Å². The van der Waals surface area contributed by atoms with Crippen LogP contribution < -0.4 is 0 Å². The molecule has 19 heavy (non-hydrogen) atoms. The number of hydrogen-bond donors (Lipinski definition) is 0. The summed E-state index contributed by atoms with van der Waals surface area (Å²) < 4.78 is 4.98. The molecule has 1 saturated heterocycles. The second-order valence-electron chi connectivity index (χ2n) is 4.99. The molecule has 1 amide bonds. The minimum atomic E-state index is 0.191. The van der Waals surface area contributed by atoms with Crippen LogP contribution in [0.4, 0.5) is 0 Å². The number of likely N-dealkylation sites (N-methyl/N-ethyl adjacent to an activating group) is 1. The van der Waals surface area contributed by atoms with Crippen LogP contribution in [0.3, 0.4) is 0 Å². The molecular weight excluding hydrogens is 240 g/mol.